The maximum absolute atomic E-state index is 13.9. The topological polar surface area (TPSA) is 45.8 Å². The van der Waals surface area contributed by atoms with E-state index in [4.69, 9.17) is 0 Å². The van der Waals surface area contributed by atoms with Crippen molar-refractivity contribution >= 4 is 21.6 Å². The first-order valence-electron chi connectivity index (χ1n) is 8.77. The van der Waals surface area contributed by atoms with Gasteiger partial charge in [-0.2, -0.15) is 0 Å². The molecule has 0 fully saturated rings. The Balaban J connectivity index is 1.85. The van der Waals surface area contributed by atoms with Gasteiger partial charge in [-0.05, 0) is 49.1 Å². The number of nitrogens with one attached hydrogen (secondary N) is 1. The van der Waals surface area contributed by atoms with Crippen molar-refractivity contribution in [3.63, 3.8) is 0 Å². The third-order valence-corrected chi connectivity index (χ3v) is 5.90. The van der Waals surface area contributed by atoms with E-state index in [-0.39, 0.29) is 17.8 Å². The highest BCUT2D eigenvalue weighted by Gasteiger charge is 2.17. The van der Waals surface area contributed by atoms with Gasteiger partial charge in [-0.3, -0.25) is 4.79 Å². The molecular weight excluding hydrogens is 359 g/mol. The first kappa shape index (κ1) is 17.6. The number of thiophene rings is 1. The summed E-state index contributed by atoms with van der Waals surface area (Å²) in [6, 6.07) is 12.8. The van der Waals surface area contributed by atoms with Crippen LogP contribution in [0.2, 0.25) is 0 Å². The van der Waals surface area contributed by atoms with E-state index < -0.39 is 0 Å². The number of halogens is 1. The van der Waals surface area contributed by atoms with E-state index in [1.807, 2.05) is 13.0 Å². The van der Waals surface area contributed by atoms with Gasteiger partial charge in [0.15, 0.2) is 0 Å². The molecule has 2 aromatic carbocycles. The molecule has 0 aliphatic rings. The molecule has 0 aliphatic heterocycles. The van der Waals surface area contributed by atoms with Crippen LogP contribution >= 0.6 is 11.3 Å². The van der Waals surface area contributed by atoms with Gasteiger partial charge in [-0.1, -0.05) is 36.4 Å². The van der Waals surface area contributed by atoms with Crippen molar-refractivity contribution in [1.82, 2.24) is 9.97 Å². The first-order valence-corrected chi connectivity index (χ1v) is 9.59. The highest BCUT2D eigenvalue weighted by molar-refractivity contribution is 7.19. The molecule has 1 N–H and O–H groups in total. The van der Waals surface area contributed by atoms with Gasteiger partial charge < -0.3 is 4.98 Å². The van der Waals surface area contributed by atoms with Gasteiger partial charge in [-0.15, -0.1) is 11.3 Å². The van der Waals surface area contributed by atoms with E-state index in [9.17, 15) is 9.18 Å². The number of hydrogen-bond acceptors (Lipinski definition) is 3. The van der Waals surface area contributed by atoms with Crippen molar-refractivity contribution < 1.29 is 4.39 Å². The number of aryl methyl sites for hydroxylation is 3. The van der Waals surface area contributed by atoms with E-state index in [1.54, 1.807) is 18.2 Å². The maximum atomic E-state index is 13.9. The molecule has 5 heteroatoms. The quantitative estimate of drug-likeness (QED) is 0.525. The van der Waals surface area contributed by atoms with Gasteiger partial charge >= 0.3 is 0 Å². The average Bonchev–Trinajstić information content (AvgIpc) is 2.96. The number of nitrogens with zero attached hydrogens (tertiary/aromatic N) is 1. The Labute approximate surface area is 160 Å². The van der Waals surface area contributed by atoms with E-state index >= 15 is 0 Å². The van der Waals surface area contributed by atoms with E-state index in [2.05, 4.69) is 35.9 Å². The molecule has 4 rings (SSSR count). The third kappa shape index (κ3) is 3.19. The second-order valence-electron chi connectivity index (χ2n) is 6.79. The lowest BCUT2D eigenvalue weighted by molar-refractivity contribution is 0.612. The number of hydrogen-bond donors (Lipinski definition) is 1. The van der Waals surface area contributed by atoms with Gasteiger partial charge in [0, 0.05) is 16.9 Å². The number of fused-ring (bicyclic) bond motifs is 1. The highest BCUT2D eigenvalue weighted by atomic mass is 32.1. The Kier molecular flexibility index (Phi) is 4.40. The summed E-state index contributed by atoms with van der Waals surface area (Å²) < 4.78 is 13.9. The maximum Gasteiger partial charge on any atom is 0.260 e. The molecule has 0 bridgehead atoms. The first-order chi connectivity index (χ1) is 12.9. The number of benzene rings is 2. The van der Waals surface area contributed by atoms with Crippen molar-refractivity contribution in [1.29, 1.82) is 0 Å². The number of rotatable bonds is 3. The second-order valence-corrected chi connectivity index (χ2v) is 8.00. The van der Waals surface area contributed by atoms with Crippen LogP contribution in [0.4, 0.5) is 4.39 Å². The molecule has 0 unspecified atom stereocenters. The van der Waals surface area contributed by atoms with Gasteiger partial charge in [0.25, 0.3) is 5.56 Å². The Hall–Kier alpha value is -2.79. The minimum absolute atomic E-state index is 0.177. The summed E-state index contributed by atoms with van der Waals surface area (Å²) in [4.78, 5) is 22.1. The van der Waals surface area contributed by atoms with Crippen LogP contribution in [0.1, 0.15) is 27.4 Å². The standard InChI is InChI=1S/C22H19FN2OS/c1-12-8-9-16(10-13(12)2)19-14(3)27-22-20(19)21(26)24-18(25-22)11-15-6-4-5-7-17(15)23/h4-10H,11H2,1-3H3,(H,24,25,26). The normalized spacial score (nSPS) is 11.3. The molecule has 0 saturated heterocycles. The molecule has 2 aromatic heterocycles. The lowest BCUT2D eigenvalue weighted by atomic mass is 9.99. The Morgan fingerprint density at radius 1 is 1.07 bits per heavy atom. The molecule has 4 aromatic rings. The molecule has 0 radical (unpaired) electrons. The number of aromatic nitrogens is 2. The third-order valence-electron chi connectivity index (χ3n) is 4.90. The van der Waals surface area contributed by atoms with Gasteiger partial charge in [0.2, 0.25) is 0 Å². The van der Waals surface area contributed by atoms with E-state index in [0.717, 1.165) is 16.0 Å². The molecular formula is C22H19FN2OS. The predicted molar refractivity (Wildman–Crippen MR) is 109 cm³/mol. The fourth-order valence-electron chi connectivity index (χ4n) is 3.31. The summed E-state index contributed by atoms with van der Waals surface area (Å²) >= 11 is 1.50. The van der Waals surface area contributed by atoms with Crippen molar-refractivity contribution in [3.05, 3.63) is 86.0 Å². The van der Waals surface area contributed by atoms with Crippen LogP contribution in [-0.2, 0) is 6.42 Å². The lowest BCUT2D eigenvalue weighted by Gasteiger charge is -2.06. The van der Waals surface area contributed by atoms with Crippen molar-refractivity contribution in [2.24, 2.45) is 0 Å². The zero-order chi connectivity index (χ0) is 19.1. The van der Waals surface area contributed by atoms with Crippen LogP contribution in [0.3, 0.4) is 0 Å². The Morgan fingerprint density at radius 3 is 2.59 bits per heavy atom. The fourth-order valence-corrected chi connectivity index (χ4v) is 4.38. The average molecular weight is 378 g/mol. The summed E-state index contributed by atoms with van der Waals surface area (Å²) in [5.74, 6) is 0.184. The molecule has 0 amide bonds. The minimum atomic E-state index is -0.293. The summed E-state index contributed by atoms with van der Waals surface area (Å²) in [5, 5.41) is 0.609. The van der Waals surface area contributed by atoms with E-state index in [0.29, 0.717) is 21.6 Å². The molecule has 0 atom stereocenters. The molecule has 0 saturated carbocycles. The summed E-state index contributed by atoms with van der Waals surface area (Å²) in [6.45, 7) is 6.14. The van der Waals surface area contributed by atoms with Crippen LogP contribution < -0.4 is 5.56 Å². The highest BCUT2D eigenvalue weighted by Crippen LogP contribution is 2.36. The zero-order valence-electron chi connectivity index (χ0n) is 15.4. The van der Waals surface area contributed by atoms with Crippen LogP contribution in [0.25, 0.3) is 21.3 Å². The van der Waals surface area contributed by atoms with Crippen molar-refractivity contribution in [3.8, 4) is 11.1 Å². The molecule has 3 nitrogen and oxygen atoms in total. The number of H-pyrrole nitrogens is 1. The SMILES string of the molecule is Cc1ccc(-c2c(C)sc3nc(Cc4ccccc4F)[nH]c(=O)c23)cc1C. The Bertz CT molecular complexity index is 1220. The van der Waals surface area contributed by atoms with Crippen LogP contribution in [0.15, 0.2) is 47.3 Å². The largest absolute Gasteiger partial charge is 0.310 e. The van der Waals surface area contributed by atoms with Crippen LogP contribution in [0, 0.1) is 26.6 Å². The van der Waals surface area contributed by atoms with Crippen LogP contribution in [0.5, 0.6) is 0 Å². The molecule has 27 heavy (non-hydrogen) atoms. The van der Waals surface area contributed by atoms with Crippen molar-refractivity contribution in [2.75, 3.05) is 0 Å². The van der Waals surface area contributed by atoms with Crippen molar-refractivity contribution in [2.45, 2.75) is 27.2 Å². The lowest BCUT2D eigenvalue weighted by Crippen LogP contribution is -2.12. The Morgan fingerprint density at radius 2 is 1.85 bits per heavy atom. The monoisotopic (exact) mass is 378 g/mol. The molecule has 0 aliphatic carbocycles. The number of aromatic amines is 1. The molecule has 136 valence electrons. The van der Waals surface area contributed by atoms with E-state index in [1.165, 1.54) is 28.5 Å². The predicted octanol–water partition coefficient (Wildman–Crippen LogP) is 5.31. The molecule has 0 spiro atoms. The van der Waals surface area contributed by atoms with Gasteiger partial charge in [0.1, 0.15) is 16.5 Å². The second kappa shape index (κ2) is 6.74. The summed E-state index contributed by atoms with van der Waals surface area (Å²) in [6.07, 6.45) is 0.258. The molecule has 2 heterocycles. The minimum Gasteiger partial charge on any atom is -0.310 e. The van der Waals surface area contributed by atoms with Crippen LogP contribution in [-0.4, -0.2) is 9.97 Å². The fraction of sp³-hybridized carbons (Fsp3) is 0.182. The zero-order valence-corrected chi connectivity index (χ0v) is 16.2. The summed E-state index contributed by atoms with van der Waals surface area (Å²) in [7, 11) is 0. The van der Waals surface area contributed by atoms with Gasteiger partial charge in [0.05, 0.1) is 5.39 Å². The van der Waals surface area contributed by atoms with Gasteiger partial charge in [-0.25, -0.2) is 9.37 Å². The summed E-state index contributed by atoms with van der Waals surface area (Å²) in [5.41, 5.74) is 4.70. The smallest absolute Gasteiger partial charge is 0.260 e.